The van der Waals surface area contributed by atoms with Gasteiger partial charge in [-0.15, -0.1) is 0 Å². The van der Waals surface area contributed by atoms with Gasteiger partial charge >= 0.3 is 0 Å². The van der Waals surface area contributed by atoms with Gasteiger partial charge in [-0.3, -0.25) is 4.79 Å². The van der Waals surface area contributed by atoms with E-state index in [1.54, 1.807) is 11.8 Å². The third-order valence-corrected chi connectivity index (χ3v) is 4.61. The number of likely N-dealkylation sites (tertiary alicyclic amines) is 1. The molecular weight excluding hydrogens is 314 g/mol. The molecular formula is C18H20F2N2O2. The lowest BCUT2D eigenvalue weighted by Crippen LogP contribution is -2.40. The normalized spacial score (nSPS) is 18.0. The number of aromatic nitrogens is 1. The van der Waals surface area contributed by atoms with Gasteiger partial charge in [0.05, 0.1) is 5.69 Å². The number of oxazole rings is 1. The number of halogens is 2. The molecule has 1 aromatic carbocycles. The van der Waals surface area contributed by atoms with E-state index in [0.29, 0.717) is 31.6 Å². The molecule has 0 aliphatic carbocycles. The third kappa shape index (κ3) is 3.47. The maximum absolute atomic E-state index is 13.7. The number of hydrogen-bond acceptors (Lipinski definition) is 3. The summed E-state index contributed by atoms with van der Waals surface area (Å²) in [5, 5.41) is 0. The second kappa shape index (κ2) is 7.11. The smallest absolute Gasteiger partial charge is 0.291 e. The second-order valence-corrected chi connectivity index (χ2v) is 6.27. The van der Waals surface area contributed by atoms with Crippen LogP contribution in [0.25, 0.3) is 0 Å². The molecule has 4 nitrogen and oxygen atoms in total. The van der Waals surface area contributed by atoms with Crippen LogP contribution in [0.2, 0.25) is 0 Å². The van der Waals surface area contributed by atoms with Crippen molar-refractivity contribution < 1.29 is 18.0 Å². The highest BCUT2D eigenvalue weighted by Gasteiger charge is 2.27. The molecule has 1 aromatic heterocycles. The molecule has 6 heteroatoms. The summed E-state index contributed by atoms with van der Waals surface area (Å²) in [6.45, 7) is 2.98. The molecule has 24 heavy (non-hydrogen) atoms. The van der Waals surface area contributed by atoms with Gasteiger partial charge < -0.3 is 9.32 Å². The molecule has 1 atom stereocenters. The summed E-state index contributed by atoms with van der Waals surface area (Å²) >= 11 is 0. The zero-order valence-electron chi connectivity index (χ0n) is 13.6. The second-order valence-electron chi connectivity index (χ2n) is 6.27. The maximum atomic E-state index is 13.7. The molecule has 1 amide bonds. The summed E-state index contributed by atoms with van der Waals surface area (Å²) in [5.41, 5.74) is 0.711. The molecule has 0 radical (unpaired) electrons. The Morgan fingerprint density at radius 1 is 1.38 bits per heavy atom. The van der Waals surface area contributed by atoms with Crippen LogP contribution >= 0.6 is 0 Å². The van der Waals surface area contributed by atoms with Crippen molar-refractivity contribution in [2.24, 2.45) is 5.92 Å². The van der Waals surface area contributed by atoms with Crippen molar-refractivity contribution in [3.05, 3.63) is 53.2 Å². The number of piperidine rings is 1. The quantitative estimate of drug-likeness (QED) is 0.855. The van der Waals surface area contributed by atoms with Crippen molar-refractivity contribution in [1.29, 1.82) is 0 Å². The Kier molecular flexibility index (Phi) is 4.92. The van der Waals surface area contributed by atoms with Gasteiger partial charge in [0.15, 0.2) is 6.39 Å². The summed E-state index contributed by atoms with van der Waals surface area (Å²) < 4.78 is 32.6. The largest absolute Gasteiger partial charge is 0.438 e. The van der Waals surface area contributed by atoms with E-state index in [1.165, 1.54) is 24.6 Å². The van der Waals surface area contributed by atoms with Gasteiger partial charge in [0.1, 0.15) is 11.6 Å². The van der Waals surface area contributed by atoms with E-state index in [2.05, 4.69) is 4.98 Å². The highest BCUT2D eigenvalue weighted by Crippen LogP contribution is 2.25. The molecule has 0 unspecified atom stereocenters. The van der Waals surface area contributed by atoms with Crippen LogP contribution < -0.4 is 0 Å². The topological polar surface area (TPSA) is 46.3 Å². The lowest BCUT2D eigenvalue weighted by atomic mass is 9.91. The van der Waals surface area contributed by atoms with Crippen LogP contribution in [-0.2, 0) is 6.42 Å². The van der Waals surface area contributed by atoms with Crippen LogP contribution in [0.15, 0.2) is 29.0 Å². The minimum Gasteiger partial charge on any atom is -0.438 e. The summed E-state index contributed by atoms with van der Waals surface area (Å²) in [7, 11) is 0. The van der Waals surface area contributed by atoms with Gasteiger partial charge in [-0.05, 0) is 50.7 Å². The van der Waals surface area contributed by atoms with Gasteiger partial charge in [0.25, 0.3) is 5.91 Å². The average molecular weight is 334 g/mol. The molecule has 0 bridgehead atoms. The first-order valence-corrected chi connectivity index (χ1v) is 8.18. The minimum atomic E-state index is -0.504. The van der Waals surface area contributed by atoms with Crippen LogP contribution in [0, 0.1) is 24.5 Å². The van der Waals surface area contributed by atoms with Crippen LogP contribution in [0.5, 0.6) is 0 Å². The van der Waals surface area contributed by atoms with Gasteiger partial charge in [-0.25, -0.2) is 13.8 Å². The van der Waals surface area contributed by atoms with E-state index in [-0.39, 0.29) is 23.1 Å². The Balaban J connectivity index is 1.62. The molecule has 0 N–H and O–H groups in total. The van der Waals surface area contributed by atoms with E-state index >= 15 is 0 Å². The average Bonchev–Trinajstić information content (AvgIpc) is 3.00. The molecule has 1 aliphatic heterocycles. The zero-order valence-corrected chi connectivity index (χ0v) is 13.6. The lowest BCUT2D eigenvalue weighted by Gasteiger charge is -2.32. The number of nitrogens with zero attached hydrogens (tertiary/aromatic N) is 2. The molecule has 2 heterocycles. The molecule has 1 aliphatic rings. The van der Waals surface area contributed by atoms with Crippen LogP contribution in [0.4, 0.5) is 8.78 Å². The van der Waals surface area contributed by atoms with Crippen molar-refractivity contribution in [3.8, 4) is 0 Å². The van der Waals surface area contributed by atoms with Crippen molar-refractivity contribution in [2.45, 2.75) is 32.6 Å². The predicted octanol–water partition coefficient (Wildman–Crippen LogP) is 3.75. The van der Waals surface area contributed by atoms with Gasteiger partial charge in [-0.2, -0.15) is 0 Å². The van der Waals surface area contributed by atoms with E-state index in [9.17, 15) is 13.6 Å². The Labute approximate surface area is 139 Å². The van der Waals surface area contributed by atoms with Crippen LogP contribution in [0.3, 0.4) is 0 Å². The fourth-order valence-electron chi connectivity index (χ4n) is 3.26. The lowest BCUT2D eigenvalue weighted by molar-refractivity contribution is 0.0635. The number of carbonyl (C=O) groups is 1. The number of benzene rings is 1. The van der Waals surface area contributed by atoms with E-state index in [1.807, 2.05) is 0 Å². The predicted molar refractivity (Wildman–Crippen MR) is 84.5 cm³/mol. The van der Waals surface area contributed by atoms with E-state index in [0.717, 1.165) is 12.8 Å². The maximum Gasteiger partial charge on any atom is 0.291 e. The molecule has 2 aromatic rings. The fourth-order valence-corrected chi connectivity index (χ4v) is 3.26. The number of hydrogen-bond donors (Lipinski definition) is 0. The first-order valence-electron chi connectivity index (χ1n) is 8.18. The number of aryl methyl sites for hydroxylation is 1. The summed E-state index contributed by atoms with van der Waals surface area (Å²) in [6, 6.07) is 3.93. The highest BCUT2D eigenvalue weighted by atomic mass is 19.1. The molecule has 0 saturated carbocycles. The van der Waals surface area contributed by atoms with Crippen LogP contribution in [-0.4, -0.2) is 28.9 Å². The zero-order chi connectivity index (χ0) is 17.1. The van der Waals surface area contributed by atoms with Crippen LogP contribution in [0.1, 0.15) is 41.1 Å². The van der Waals surface area contributed by atoms with Gasteiger partial charge in [0, 0.05) is 18.7 Å². The van der Waals surface area contributed by atoms with Gasteiger partial charge in [0.2, 0.25) is 5.76 Å². The summed E-state index contributed by atoms with van der Waals surface area (Å²) in [6.07, 6.45) is 4.09. The number of amides is 1. The first kappa shape index (κ1) is 16.6. The highest BCUT2D eigenvalue weighted by molar-refractivity contribution is 5.92. The Morgan fingerprint density at radius 2 is 2.12 bits per heavy atom. The SMILES string of the molecule is Cc1ncoc1C(=O)N1CCC[C@H](CCc2c(F)cccc2F)C1. The molecule has 0 spiro atoms. The third-order valence-electron chi connectivity index (χ3n) is 4.61. The number of carbonyl (C=O) groups excluding carboxylic acids is 1. The molecule has 1 saturated heterocycles. The van der Waals surface area contributed by atoms with Crippen molar-refractivity contribution in [3.63, 3.8) is 0 Å². The summed E-state index contributed by atoms with van der Waals surface area (Å²) in [5.74, 6) is -0.667. The summed E-state index contributed by atoms with van der Waals surface area (Å²) in [4.78, 5) is 18.2. The van der Waals surface area contributed by atoms with Gasteiger partial charge in [-0.1, -0.05) is 6.07 Å². The van der Waals surface area contributed by atoms with Crippen molar-refractivity contribution in [1.82, 2.24) is 9.88 Å². The standard InChI is InChI=1S/C18H20F2N2O2/c1-12-17(24-11-21-12)18(23)22-9-3-4-13(10-22)7-8-14-15(19)5-2-6-16(14)20/h2,5-6,11,13H,3-4,7-10H2,1H3/t13-/m1/s1. The fraction of sp³-hybridized carbons (Fsp3) is 0.444. The minimum absolute atomic E-state index is 0.132. The first-order chi connectivity index (χ1) is 11.6. The Bertz CT molecular complexity index is 709. The Hall–Kier alpha value is -2.24. The van der Waals surface area contributed by atoms with E-state index in [4.69, 9.17) is 4.42 Å². The molecule has 128 valence electrons. The Morgan fingerprint density at radius 3 is 2.79 bits per heavy atom. The molecule has 3 rings (SSSR count). The number of rotatable bonds is 4. The van der Waals surface area contributed by atoms with E-state index < -0.39 is 11.6 Å². The monoisotopic (exact) mass is 334 g/mol. The van der Waals surface area contributed by atoms with Crippen molar-refractivity contribution in [2.75, 3.05) is 13.1 Å². The van der Waals surface area contributed by atoms with Crippen molar-refractivity contribution >= 4 is 5.91 Å². The molecule has 1 fully saturated rings.